The first-order chi connectivity index (χ1) is 6.19. The van der Waals surface area contributed by atoms with E-state index in [2.05, 4.69) is 4.98 Å². The third-order valence-corrected chi connectivity index (χ3v) is 2.53. The van der Waals surface area contributed by atoms with Gasteiger partial charge in [-0.3, -0.25) is 0 Å². The molecule has 0 spiro atoms. The van der Waals surface area contributed by atoms with Gasteiger partial charge in [0.05, 0.1) is 6.61 Å². The molecule has 1 heterocycles. The van der Waals surface area contributed by atoms with Gasteiger partial charge in [-0.1, -0.05) is 6.92 Å². The molecule has 0 aliphatic heterocycles. The van der Waals surface area contributed by atoms with Crippen molar-refractivity contribution in [3.05, 3.63) is 10.6 Å². The fraction of sp³-hybridized carbons (Fsp3) is 0.500. The van der Waals surface area contributed by atoms with E-state index in [9.17, 15) is 4.79 Å². The lowest BCUT2D eigenvalue weighted by Gasteiger charge is -1.98. The van der Waals surface area contributed by atoms with Gasteiger partial charge < -0.3 is 10.5 Å². The van der Waals surface area contributed by atoms with Gasteiger partial charge in [0.15, 0.2) is 10.8 Å². The lowest BCUT2D eigenvalue weighted by Crippen LogP contribution is -2.07. The van der Waals surface area contributed by atoms with Crippen LogP contribution in [-0.2, 0) is 11.2 Å². The van der Waals surface area contributed by atoms with E-state index in [1.807, 2.05) is 6.92 Å². The van der Waals surface area contributed by atoms with Crippen LogP contribution in [0.15, 0.2) is 0 Å². The number of hydrogen-bond acceptors (Lipinski definition) is 5. The smallest absolute Gasteiger partial charge is 0.358 e. The predicted octanol–water partition coefficient (Wildman–Crippen LogP) is 1.46. The normalized spacial score (nSPS) is 10.0. The minimum Gasteiger partial charge on any atom is -0.461 e. The summed E-state index contributed by atoms with van der Waals surface area (Å²) in [5.41, 5.74) is 5.86. The van der Waals surface area contributed by atoms with Crippen molar-refractivity contribution < 1.29 is 9.53 Å². The molecular weight excluding hydrogens is 188 g/mol. The van der Waals surface area contributed by atoms with Crippen LogP contribution in [0.4, 0.5) is 5.13 Å². The highest BCUT2D eigenvalue weighted by Gasteiger charge is 2.16. The topological polar surface area (TPSA) is 65.2 Å². The number of nitrogen functional groups attached to an aromatic ring is 1. The van der Waals surface area contributed by atoms with Crippen LogP contribution >= 0.6 is 11.3 Å². The lowest BCUT2D eigenvalue weighted by atomic mass is 10.3. The largest absolute Gasteiger partial charge is 0.461 e. The summed E-state index contributed by atoms with van der Waals surface area (Å²) in [6, 6.07) is 0. The number of nitrogens with two attached hydrogens (primary N) is 1. The Morgan fingerprint density at radius 2 is 2.31 bits per heavy atom. The van der Waals surface area contributed by atoms with E-state index in [4.69, 9.17) is 10.5 Å². The van der Waals surface area contributed by atoms with Crippen LogP contribution in [-0.4, -0.2) is 17.6 Å². The molecule has 0 fully saturated rings. The van der Waals surface area contributed by atoms with Crippen molar-refractivity contribution in [3.8, 4) is 0 Å². The Kier molecular flexibility index (Phi) is 3.25. The zero-order valence-corrected chi connectivity index (χ0v) is 8.48. The number of rotatable bonds is 3. The minimum absolute atomic E-state index is 0.361. The molecule has 0 bridgehead atoms. The number of carbonyl (C=O) groups excluding carboxylic acids is 1. The number of anilines is 1. The first-order valence-electron chi connectivity index (χ1n) is 4.11. The van der Waals surface area contributed by atoms with Crippen molar-refractivity contribution in [2.75, 3.05) is 12.3 Å². The van der Waals surface area contributed by atoms with Crippen LogP contribution in [0.2, 0.25) is 0 Å². The van der Waals surface area contributed by atoms with Crippen LogP contribution in [0.5, 0.6) is 0 Å². The molecule has 0 saturated heterocycles. The number of esters is 1. The maximum Gasteiger partial charge on any atom is 0.358 e. The second kappa shape index (κ2) is 4.23. The van der Waals surface area contributed by atoms with E-state index in [1.165, 1.54) is 11.3 Å². The molecular formula is C8H12N2O2S. The quantitative estimate of drug-likeness (QED) is 0.750. The van der Waals surface area contributed by atoms with E-state index >= 15 is 0 Å². The third-order valence-electron chi connectivity index (χ3n) is 1.50. The Labute approximate surface area is 80.7 Å². The number of aryl methyl sites for hydroxylation is 1. The zero-order chi connectivity index (χ0) is 9.84. The first-order valence-corrected chi connectivity index (χ1v) is 4.93. The van der Waals surface area contributed by atoms with Crippen molar-refractivity contribution in [1.29, 1.82) is 0 Å². The van der Waals surface area contributed by atoms with Gasteiger partial charge in [-0.2, -0.15) is 0 Å². The van der Waals surface area contributed by atoms with Crippen LogP contribution in [0.25, 0.3) is 0 Å². The average Bonchev–Trinajstić information content (AvgIpc) is 2.47. The SMILES string of the molecule is CCOC(=O)c1nc(N)sc1CC. The highest BCUT2D eigenvalue weighted by atomic mass is 32.1. The summed E-state index contributed by atoms with van der Waals surface area (Å²) in [6.45, 7) is 4.08. The Bertz CT molecular complexity index is 309. The van der Waals surface area contributed by atoms with E-state index in [-0.39, 0.29) is 5.97 Å². The van der Waals surface area contributed by atoms with Gasteiger partial charge in [-0.05, 0) is 13.3 Å². The molecule has 0 atom stereocenters. The molecule has 2 N–H and O–H groups in total. The van der Waals surface area contributed by atoms with Crippen LogP contribution in [0.3, 0.4) is 0 Å². The number of nitrogens with zero attached hydrogens (tertiary/aromatic N) is 1. The van der Waals surface area contributed by atoms with E-state index in [1.54, 1.807) is 6.92 Å². The summed E-state index contributed by atoms with van der Waals surface area (Å²) < 4.78 is 4.83. The van der Waals surface area contributed by atoms with Crippen LogP contribution in [0, 0.1) is 0 Å². The Balaban J connectivity index is 2.91. The zero-order valence-electron chi connectivity index (χ0n) is 7.66. The second-order valence-corrected chi connectivity index (χ2v) is 3.51. The highest BCUT2D eigenvalue weighted by Crippen LogP contribution is 2.21. The fourth-order valence-electron chi connectivity index (χ4n) is 0.968. The molecule has 72 valence electrons. The molecule has 0 aromatic carbocycles. The third kappa shape index (κ3) is 2.18. The van der Waals surface area contributed by atoms with Gasteiger partial charge in [0.25, 0.3) is 0 Å². The summed E-state index contributed by atoms with van der Waals surface area (Å²) in [6.07, 6.45) is 0.753. The summed E-state index contributed by atoms with van der Waals surface area (Å²) in [5, 5.41) is 0.417. The highest BCUT2D eigenvalue weighted by molar-refractivity contribution is 7.15. The summed E-state index contributed by atoms with van der Waals surface area (Å²) in [7, 11) is 0. The van der Waals surface area contributed by atoms with E-state index in [0.29, 0.717) is 17.4 Å². The van der Waals surface area contributed by atoms with Crippen molar-refractivity contribution in [2.45, 2.75) is 20.3 Å². The minimum atomic E-state index is -0.382. The molecule has 0 saturated carbocycles. The van der Waals surface area contributed by atoms with E-state index in [0.717, 1.165) is 11.3 Å². The van der Waals surface area contributed by atoms with Gasteiger partial charge in [-0.15, -0.1) is 11.3 Å². The summed E-state index contributed by atoms with van der Waals surface area (Å²) >= 11 is 1.33. The number of thiazole rings is 1. The van der Waals surface area contributed by atoms with E-state index < -0.39 is 0 Å². The molecule has 0 radical (unpaired) electrons. The standard InChI is InChI=1S/C8H12N2O2S/c1-3-5-6(7(11)12-4-2)10-8(9)13-5/h3-4H2,1-2H3,(H2,9,10). The Morgan fingerprint density at radius 1 is 1.62 bits per heavy atom. The van der Waals surface area contributed by atoms with Crippen LogP contribution < -0.4 is 5.73 Å². The van der Waals surface area contributed by atoms with Crippen molar-refractivity contribution in [1.82, 2.24) is 4.98 Å². The van der Waals surface area contributed by atoms with Gasteiger partial charge in [0.1, 0.15) is 0 Å². The lowest BCUT2D eigenvalue weighted by molar-refractivity contribution is 0.0519. The van der Waals surface area contributed by atoms with Gasteiger partial charge >= 0.3 is 5.97 Å². The average molecular weight is 200 g/mol. The molecule has 5 heteroatoms. The van der Waals surface area contributed by atoms with Crippen molar-refractivity contribution in [3.63, 3.8) is 0 Å². The molecule has 4 nitrogen and oxygen atoms in total. The van der Waals surface area contributed by atoms with Gasteiger partial charge in [0.2, 0.25) is 0 Å². The molecule has 0 unspecified atom stereocenters. The van der Waals surface area contributed by atoms with Gasteiger partial charge in [-0.25, -0.2) is 9.78 Å². The molecule has 0 amide bonds. The maximum atomic E-state index is 11.3. The number of hydrogen-bond donors (Lipinski definition) is 1. The summed E-state index contributed by atoms with van der Waals surface area (Å²) in [5.74, 6) is -0.382. The Morgan fingerprint density at radius 3 is 2.85 bits per heavy atom. The summed E-state index contributed by atoms with van der Waals surface area (Å²) in [4.78, 5) is 16.1. The second-order valence-electron chi connectivity index (χ2n) is 2.40. The molecule has 1 rings (SSSR count). The monoisotopic (exact) mass is 200 g/mol. The van der Waals surface area contributed by atoms with Crippen molar-refractivity contribution in [2.24, 2.45) is 0 Å². The number of ether oxygens (including phenoxy) is 1. The Hall–Kier alpha value is -1.10. The molecule has 1 aromatic heterocycles. The molecule has 0 aliphatic carbocycles. The van der Waals surface area contributed by atoms with Crippen molar-refractivity contribution >= 4 is 22.4 Å². The fourth-order valence-corrected chi connectivity index (χ4v) is 1.73. The molecule has 1 aromatic rings. The molecule has 0 aliphatic rings. The first kappa shape index (κ1) is 9.98. The number of carbonyl (C=O) groups is 1. The molecule has 13 heavy (non-hydrogen) atoms. The predicted molar refractivity (Wildman–Crippen MR) is 51.9 cm³/mol. The maximum absolute atomic E-state index is 11.3. The van der Waals surface area contributed by atoms with Crippen LogP contribution in [0.1, 0.15) is 29.2 Å². The van der Waals surface area contributed by atoms with Gasteiger partial charge in [0, 0.05) is 4.88 Å². The number of aromatic nitrogens is 1.